The molecular formula is C21H21N5O2S. The number of ether oxygens (including phenoxy) is 1. The quantitative estimate of drug-likeness (QED) is 0.476. The number of hydrogen-bond donors (Lipinski definition) is 2. The molecule has 0 fully saturated rings. The van der Waals surface area contributed by atoms with Gasteiger partial charge >= 0.3 is 0 Å². The monoisotopic (exact) mass is 407 g/mol. The Morgan fingerprint density at radius 3 is 3.07 bits per heavy atom. The molecule has 148 valence electrons. The number of H-pyrrole nitrogens is 1. The number of aldehydes is 1. The first-order chi connectivity index (χ1) is 14.1. The van der Waals surface area contributed by atoms with Crippen molar-refractivity contribution in [1.82, 2.24) is 20.2 Å². The molecule has 0 radical (unpaired) electrons. The van der Waals surface area contributed by atoms with Gasteiger partial charge in [-0.3, -0.25) is 5.10 Å². The van der Waals surface area contributed by atoms with Crippen LogP contribution in [0.3, 0.4) is 0 Å². The second kappa shape index (κ2) is 7.11. The fraction of sp³-hybridized carbons (Fsp3) is 0.333. The largest absolute Gasteiger partial charge is 0.489 e. The van der Waals surface area contributed by atoms with Crippen LogP contribution in [0, 0.1) is 5.92 Å². The van der Waals surface area contributed by atoms with Crippen molar-refractivity contribution in [2.24, 2.45) is 5.92 Å². The Morgan fingerprint density at radius 2 is 2.24 bits per heavy atom. The molecule has 1 unspecified atom stereocenters. The first-order valence-corrected chi connectivity index (χ1v) is 10.6. The lowest BCUT2D eigenvalue weighted by Gasteiger charge is -2.18. The van der Waals surface area contributed by atoms with E-state index >= 15 is 0 Å². The lowest BCUT2D eigenvalue weighted by Crippen LogP contribution is -2.13. The third kappa shape index (κ3) is 3.23. The Bertz CT molecular complexity index is 1210. The standard InChI is InChI=1S/C21H21N5O2S/c1-11(2)28-17-7-15-13(8-24-26-15)6-16(17)25-20-19-14-4-3-12(9-27)5-18(14)29-21(19)23-10-22-20/h6-12H,3-5H2,1-2H3,(H,24,26)(H,22,23,25). The van der Waals surface area contributed by atoms with E-state index < -0.39 is 0 Å². The Morgan fingerprint density at radius 1 is 1.34 bits per heavy atom. The Labute approximate surface area is 171 Å². The number of hydrogen-bond acceptors (Lipinski definition) is 7. The molecule has 2 N–H and O–H groups in total. The van der Waals surface area contributed by atoms with Gasteiger partial charge < -0.3 is 14.8 Å². The number of aromatic amines is 1. The summed E-state index contributed by atoms with van der Waals surface area (Å²) in [6, 6.07) is 3.98. The number of rotatable bonds is 5. The van der Waals surface area contributed by atoms with E-state index in [9.17, 15) is 4.79 Å². The molecule has 0 amide bonds. The van der Waals surface area contributed by atoms with Crippen LogP contribution in [0.4, 0.5) is 11.5 Å². The highest BCUT2D eigenvalue weighted by Gasteiger charge is 2.25. The third-order valence-corrected chi connectivity index (χ3v) is 6.39. The van der Waals surface area contributed by atoms with E-state index in [4.69, 9.17) is 4.74 Å². The van der Waals surface area contributed by atoms with Crippen LogP contribution in [0.15, 0.2) is 24.7 Å². The summed E-state index contributed by atoms with van der Waals surface area (Å²) in [5.74, 6) is 1.62. The van der Waals surface area contributed by atoms with Crippen LogP contribution in [0.2, 0.25) is 0 Å². The highest BCUT2D eigenvalue weighted by atomic mass is 32.1. The normalized spacial score (nSPS) is 16.3. The molecular weight excluding hydrogens is 386 g/mol. The SMILES string of the molecule is CC(C)Oc1cc2[nH]ncc2cc1Nc1ncnc2sc3c(c12)CCC(C=O)C3. The molecule has 8 heteroatoms. The van der Waals surface area contributed by atoms with Crippen molar-refractivity contribution in [3.8, 4) is 5.75 Å². The smallest absolute Gasteiger partial charge is 0.145 e. The van der Waals surface area contributed by atoms with Crippen molar-refractivity contribution in [1.29, 1.82) is 0 Å². The van der Waals surface area contributed by atoms with Gasteiger partial charge in [-0.25, -0.2) is 9.97 Å². The molecule has 3 aromatic heterocycles. The number of anilines is 2. The molecule has 0 saturated carbocycles. The number of carbonyl (C=O) groups excluding carboxylic acids is 1. The highest BCUT2D eigenvalue weighted by molar-refractivity contribution is 7.19. The van der Waals surface area contributed by atoms with Gasteiger partial charge in [0.15, 0.2) is 0 Å². The van der Waals surface area contributed by atoms with Gasteiger partial charge in [-0.2, -0.15) is 5.10 Å². The minimum Gasteiger partial charge on any atom is -0.489 e. The summed E-state index contributed by atoms with van der Waals surface area (Å²) in [5.41, 5.74) is 3.03. The van der Waals surface area contributed by atoms with E-state index in [1.54, 1.807) is 23.9 Å². The number of benzene rings is 1. The van der Waals surface area contributed by atoms with E-state index in [2.05, 4.69) is 25.5 Å². The zero-order valence-corrected chi connectivity index (χ0v) is 17.0. The topological polar surface area (TPSA) is 92.8 Å². The molecule has 0 aliphatic heterocycles. The van der Waals surface area contributed by atoms with Gasteiger partial charge in [-0.1, -0.05) is 0 Å². The summed E-state index contributed by atoms with van der Waals surface area (Å²) in [7, 11) is 0. The summed E-state index contributed by atoms with van der Waals surface area (Å²) >= 11 is 1.67. The lowest BCUT2D eigenvalue weighted by molar-refractivity contribution is -0.111. The second-order valence-corrected chi connectivity index (χ2v) is 8.73. The molecule has 7 nitrogen and oxygen atoms in total. The zero-order chi connectivity index (χ0) is 20.0. The number of nitrogens with one attached hydrogen (secondary N) is 2. The molecule has 5 rings (SSSR count). The Hall–Kier alpha value is -3.00. The molecule has 4 aromatic rings. The van der Waals surface area contributed by atoms with Gasteiger partial charge in [-0.15, -0.1) is 11.3 Å². The number of fused-ring (bicyclic) bond motifs is 4. The molecule has 3 heterocycles. The molecule has 1 atom stereocenters. The van der Waals surface area contributed by atoms with Crippen molar-refractivity contribution in [2.75, 3.05) is 5.32 Å². The van der Waals surface area contributed by atoms with Crippen molar-refractivity contribution < 1.29 is 9.53 Å². The van der Waals surface area contributed by atoms with Gasteiger partial charge in [0.25, 0.3) is 0 Å². The summed E-state index contributed by atoms with van der Waals surface area (Å²) in [6.45, 7) is 4.01. The van der Waals surface area contributed by atoms with Crippen LogP contribution < -0.4 is 10.1 Å². The van der Waals surface area contributed by atoms with Crippen LogP contribution in [0.25, 0.3) is 21.1 Å². The minimum absolute atomic E-state index is 0.0375. The first-order valence-electron chi connectivity index (χ1n) is 9.73. The van der Waals surface area contributed by atoms with Gasteiger partial charge in [0.2, 0.25) is 0 Å². The molecule has 0 spiro atoms. The number of nitrogens with zero attached hydrogens (tertiary/aromatic N) is 3. The summed E-state index contributed by atoms with van der Waals surface area (Å²) in [6.07, 6.45) is 7.03. The number of aryl methyl sites for hydroxylation is 1. The average molecular weight is 407 g/mol. The van der Waals surface area contributed by atoms with Crippen LogP contribution in [0.5, 0.6) is 5.75 Å². The Balaban J connectivity index is 1.60. The fourth-order valence-corrected chi connectivity index (χ4v) is 5.17. The van der Waals surface area contributed by atoms with Gasteiger partial charge in [0.1, 0.15) is 29.0 Å². The zero-order valence-electron chi connectivity index (χ0n) is 16.2. The van der Waals surface area contributed by atoms with Gasteiger partial charge in [0.05, 0.1) is 28.9 Å². The van der Waals surface area contributed by atoms with Crippen molar-refractivity contribution in [3.05, 3.63) is 35.1 Å². The third-order valence-electron chi connectivity index (χ3n) is 5.23. The predicted molar refractivity (Wildman–Crippen MR) is 114 cm³/mol. The van der Waals surface area contributed by atoms with Crippen LogP contribution in [-0.4, -0.2) is 32.6 Å². The van der Waals surface area contributed by atoms with Crippen molar-refractivity contribution in [2.45, 2.75) is 39.2 Å². The minimum atomic E-state index is 0.0375. The van der Waals surface area contributed by atoms with Crippen molar-refractivity contribution >= 4 is 50.2 Å². The lowest BCUT2D eigenvalue weighted by atomic mass is 9.89. The molecule has 1 aliphatic carbocycles. The van der Waals surface area contributed by atoms with E-state index in [-0.39, 0.29) is 12.0 Å². The summed E-state index contributed by atoms with van der Waals surface area (Å²) < 4.78 is 6.04. The second-order valence-electron chi connectivity index (χ2n) is 7.64. The number of thiophene rings is 1. The van der Waals surface area contributed by atoms with Crippen molar-refractivity contribution in [3.63, 3.8) is 0 Å². The Kier molecular flexibility index (Phi) is 4.43. The fourth-order valence-electron chi connectivity index (χ4n) is 3.89. The maximum Gasteiger partial charge on any atom is 0.145 e. The van der Waals surface area contributed by atoms with E-state index in [0.717, 1.165) is 63.9 Å². The summed E-state index contributed by atoms with van der Waals surface area (Å²) in [4.78, 5) is 22.5. The molecule has 1 aliphatic rings. The van der Waals surface area contributed by atoms with E-state index in [0.29, 0.717) is 0 Å². The van der Waals surface area contributed by atoms with Crippen LogP contribution >= 0.6 is 11.3 Å². The molecule has 1 aromatic carbocycles. The molecule has 0 saturated heterocycles. The highest BCUT2D eigenvalue weighted by Crippen LogP contribution is 2.41. The van der Waals surface area contributed by atoms with E-state index in [1.807, 2.05) is 26.0 Å². The summed E-state index contributed by atoms with van der Waals surface area (Å²) in [5, 5.41) is 12.6. The molecule has 29 heavy (non-hydrogen) atoms. The number of aromatic nitrogens is 4. The maximum absolute atomic E-state index is 11.2. The first kappa shape index (κ1) is 18.1. The number of carbonyl (C=O) groups is 1. The molecule has 0 bridgehead atoms. The van der Waals surface area contributed by atoms with E-state index in [1.165, 1.54) is 10.4 Å². The van der Waals surface area contributed by atoms with Gasteiger partial charge in [0, 0.05) is 22.2 Å². The maximum atomic E-state index is 11.2. The van der Waals surface area contributed by atoms with Crippen LogP contribution in [0.1, 0.15) is 30.7 Å². The predicted octanol–water partition coefficient (Wildman–Crippen LogP) is 4.40. The average Bonchev–Trinajstić information content (AvgIpc) is 3.31. The van der Waals surface area contributed by atoms with Crippen LogP contribution in [-0.2, 0) is 17.6 Å². The van der Waals surface area contributed by atoms with Gasteiger partial charge in [-0.05, 0) is 44.7 Å².